The van der Waals surface area contributed by atoms with Gasteiger partial charge in [0.1, 0.15) is 30.5 Å². The zero-order valence-corrected chi connectivity index (χ0v) is 19.0. The first kappa shape index (κ1) is 23.9. The molecule has 0 saturated heterocycles. The Hall–Kier alpha value is -3.73. The predicted octanol–water partition coefficient (Wildman–Crippen LogP) is 6.43. The number of nitrogens with zero attached hydrogens (tertiary/aromatic N) is 2. The number of nitro groups is 1. The average molecular weight is 485 g/mol. The smallest absolute Gasteiger partial charge is 0.269 e. The third-order valence-electron chi connectivity index (χ3n) is 4.49. The largest absolute Gasteiger partial charge is 0.497 e. The molecule has 3 aromatic rings. The molecular formula is C24H18Cl2N2O5. The van der Waals surface area contributed by atoms with Gasteiger partial charge in [-0.05, 0) is 48.0 Å². The van der Waals surface area contributed by atoms with Gasteiger partial charge in [0.15, 0.2) is 0 Å². The lowest BCUT2D eigenvalue weighted by molar-refractivity contribution is -0.384. The number of hydrogen-bond acceptors (Lipinski definition) is 6. The average Bonchev–Trinajstić information content (AvgIpc) is 2.81. The maximum Gasteiger partial charge on any atom is 0.269 e. The Kier molecular flexibility index (Phi) is 8.14. The van der Waals surface area contributed by atoms with Gasteiger partial charge in [-0.15, -0.1) is 0 Å². The van der Waals surface area contributed by atoms with Crippen molar-refractivity contribution in [3.05, 3.63) is 92.0 Å². The Bertz CT molecular complexity index is 1220. The first-order valence-corrected chi connectivity index (χ1v) is 10.4. The number of halogens is 2. The molecular weight excluding hydrogens is 467 g/mol. The number of benzene rings is 3. The predicted molar refractivity (Wildman–Crippen MR) is 127 cm³/mol. The van der Waals surface area contributed by atoms with Gasteiger partial charge in [-0.3, -0.25) is 10.1 Å². The van der Waals surface area contributed by atoms with Crippen LogP contribution >= 0.6 is 23.2 Å². The van der Waals surface area contributed by atoms with E-state index in [1.165, 1.54) is 30.3 Å². The van der Waals surface area contributed by atoms with Crippen molar-refractivity contribution in [3.8, 4) is 23.3 Å². The Morgan fingerprint density at radius 3 is 2.42 bits per heavy atom. The fourth-order valence-corrected chi connectivity index (χ4v) is 3.50. The Balaban J connectivity index is 1.79. The molecule has 0 aliphatic carbocycles. The lowest BCUT2D eigenvalue weighted by atomic mass is 10.0. The summed E-state index contributed by atoms with van der Waals surface area (Å²) < 4.78 is 16.7. The van der Waals surface area contributed by atoms with Gasteiger partial charge in [0.25, 0.3) is 5.69 Å². The molecule has 3 rings (SSSR count). The first-order valence-electron chi connectivity index (χ1n) is 9.66. The van der Waals surface area contributed by atoms with E-state index >= 15 is 0 Å². The van der Waals surface area contributed by atoms with E-state index in [4.69, 9.17) is 37.4 Å². The van der Waals surface area contributed by atoms with Crippen molar-refractivity contribution in [2.45, 2.75) is 0 Å². The van der Waals surface area contributed by atoms with Gasteiger partial charge in [-0.2, -0.15) is 5.26 Å². The van der Waals surface area contributed by atoms with Gasteiger partial charge in [-0.1, -0.05) is 29.3 Å². The molecule has 0 aromatic heterocycles. The molecule has 0 atom stereocenters. The molecule has 3 aromatic carbocycles. The Labute approximate surface area is 200 Å². The van der Waals surface area contributed by atoms with Crippen LogP contribution in [-0.4, -0.2) is 25.2 Å². The van der Waals surface area contributed by atoms with Crippen molar-refractivity contribution in [2.75, 3.05) is 20.3 Å². The highest BCUT2D eigenvalue weighted by Crippen LogP contribution is 2.35. The SMILES string of the molecule is COc1cccc(OCCOc2c(Cl)cc(Cl)cc2/C=C(\C#N)c2ccc([N+](=O)[O-])cc2)c1. The molecule has 0 bridgehead atoms. The number of nitro benzene ring substituents is 1. The lowest BCUT2D eigenvalue weighted by Crippen LogP contribution is -2.10. The molecule has 0 spiro atoms. The van der Waals surface area contributed by atoms with Crippen molar-refractivity contribution >= 4 is 40.5 Å². The number of rotatable bonds is 9. The molecule has 0 saturated carbocycles. The van der Waals surface area contributed by atoms with Crippen LogP contribution in [0.1, 0.15) is 11.1 Å². The summed E-state index contributed by atoms with van der Waals surface area (Å²) in [7, 11) is 1.58. The molecule has 168 valence electrons. The lowest BCUT2D eigenvalue weighted by Gasteiger charge is -2.13. The second kappa shape index (κ2) is 11.2. The second-order valence-electron chi connectivity index (χ2n) is 6.66. The van der Waals surface area contributed by atoms with Crippen LogP contribution in [0.5, 0.6) is 17.2 Å². The molecule has 0 N–H and O–H groups in total. The molecule has 0 amide bonds. The highest BCUT2D eigenvalue weighted by molar-refractivity contribution is 6.36. The van der Waals surface area contributed by atoms with Gasteiger partial charge in [0, 0.05) is 28.8 Å². The fourth-order valence-electron chi connectivity index (χ4n) is 2.93. The van der Waals surface area contributed by atoms with Gasteiger partial charge in [-0.25, -0.2) is 0 Å². The van der Waals surface area contributed by atoms with Crippen LogP contribution in [-0.2, 0) is 0 Å². The maximum atomic E-state index is 10.9. The number of hydrogen-bond donors (Lipinski definition) is 0. The van der Waals surface area contributed by atoms with Crippen molar-refractivity contribution < 1.29 is 19.1 Å². The summed E-state index contributed by atoms with van der Waals surface area (Å²) in [4.78, 5) is 10.4. The number of allylic oxidation sites excluding steroid dienone is 1. The molecule has 0 heterocycles. The topological polar surface area (TPSA) is 94.6 Å². The van der Waals surface area contributed by atoms with E-state index in [2.05, 4.69) is 6.07 Å². The van der Waals surface area contributed by atoms with Crippen molar-refractivity contribution in [1.29, 1.82) is 5.26 Å². The van der Waals surface area contributed by atoms with Crippen LogP contribution < -0.4 is 14.2 Å². The Morgan fingerprint density at radius 2 is 1.76 bits per heavy atom. The van der Waals surface area contributed by atoms with E-state index < -0.39 is 4.92 Å². The molecule has 0 radical (unpaired) electrons. The zero-order chi connectivity index (χ0) is 23.8. The van der Waals surface area contributed by atoms with E-state index in [0.717, 1.165) is 0 Å². The monoisotopic (exact) mass is 484 g/mol. The molecule has 9 heteroatoms. The van der Waals surface area contributed by atoms with E-state index in [0.29, 0.717) is 33.4 Å². The van der Waals surface area contributed by atoms with E-state index in [1.54, 1.807) is 31.4 Å². The van der Waals surface area contributed by atoms with E-state index in [-0.39, 0.29) is 29.5 Å². The molecule has 0 aliphatic rings. The Morgan fingerprint density at radius 1 is 1.06 bits per heavy atom. The minimum absolute atomic E-state index is 0.0677. The quantitative estimate of drug-likeness (QED) is 0.114. The minimum atomic E-state index is -0.504. The zero-order valence-electron chi connectivity index (χ0n) is 17.5. The minimum Gasteiger partial charge on any atom is -0.497 e. The second-order valence-corrected chi connectivity index (χ2v) is 7.50. The van der Waals surface area contributed by atoms with Gasteiger partial charge in [0.2, 0.25) is 0 Å². The highest BCUT2D eigenvalue weighted by Gasteiger charge is 2.13. The standard InChI is InChI=1S/C24H18Cl2N2O5/c1-31-21-3-2-4-22(14-21)32-9-10-33-24-17(12-19(25)13-23(24)26)11-18(15-27)16-5-7-20(8-6-16)28(29)30/h2-8,11-14H,9-10H2,1H3/b18-11+. The summed E-state index contributed by atoms with van der Waals surface area (Å²) in [6.45, 7) is 0.418. The first-order chi connectivity index (χ1) is 15.9. The van der Waals surface area contributed by atoms with E-state index in [1.807, 2.05) is 12.1 Å². The number of non-ortho nitro benzene ring substituents is 1. The molecule has 7 nitrogen and oxygen atoms in total. The molecule has 33 heavy (non-hydrogen) atoms. The number of methoxy groups -OCH3 is 1. The van der Waals surface area contributed by atoms with E-state index in [9.17, 15) is 15.4 Å². The van der Waals surface area contributed by atoms with Crippen LogP contribution in [0.4, 0.5) is 5.69 Å². The summed E-state index contributed by atoms with van der Waals surface area (Å²) in [6, 6.07) is 18.1. The van der Waals surface area contributed by atoms with Crippen LogP contribution in [0.25, 0.3) is 11.6 Å². The maximum absolute atomic E-state index is 10.9. The normalized spacial score (nSPS) is 10.9. The summed E-state index contributed by atoms with van der Waals surface area (Å²) in [5, 5.41) is 21.2. The molecule has 0 unspecified atom stereocenters. The number of ether oxygens (including phenoxy) is 3. The highest BCUT2D eigenvalue weighted by atomic mass is 35.5. The summed E-state index contributed by atoms with van der Waals surface area (Å²) >= 11 is 12.5. The van der Waals surface area contributed by atoms with Crippen LogP contribution in [0.3, 0.4) is 0 Å². The van der Waals surface area contributed by atoms with Gasteiger partial charge >= 0.3 is 0 Å². The third kappa shape index (κ3) is 6.39. The number of nitriles is 1. The summed E-state index contributed by atoms with van der Waals surface area (Å²) in [5.74, 6) is 1.65. The third-order valence-corrected chi connectivity index (χ3v) is 4.99. The van der Waals surface area contributed by atoms with Gasteiger partial charge in [0.05, 0.1) is 28.7 Å². The van der Waals surface area contributed by atoms with Crippen molar-refractivity contribution in [2.24, 2.45) is 0 Å². The summed E-state index contributed by atoms with van der Waals surface area (Å²) in [5.41, 5.74) is 1.19. The molecule has 0 fully saturated rings. The van der Waals surface area contributed by atoms with Crippen LogP contribution in [0.2, 0.25) is 10.0 Å². The fraction of sp³-hybridized carbons (Fsp3) is 0.125. The van der Waals surface area contributed by atoms with Crippen LogP contribution in [0, 0.1) is 21.4 Å². The van der Waals surface area contributed by atoms with Crippen LogP contribution in [0.15, 0.2) is 60.7 Å². The van der Waals surface area contributed by atoms with Gasteiger partial charge < -0.3 is 14.2 Å². The van der Waals surface area contributed by atoms with Crippen molar-refractivity contribution in [3.63, 3.8) is 0 Å². The van der Waals surface area contributed by atoms with Crippen molar-refractivity contribution in [1.82, 2.24) is 0 Å². The summed E-state index contributed by atoms with van der Waals surface area (Å²) in [6.07, 6.45) is 1.57. The molecule has 0 aliphatic heterocycles.